The van der Waals surface area contributed by atoms with E-state index in [-0.39, 0.29) is 17.6 Å². The van der Waals surface area contributed by atoms with Crippen LogP contribution in [-0.4, -0.2) is 21.3 Å². The fourth-order valence-electron chi connectivity index (χ4n) is 2.42. The third-order valence-corrected chi connectivity index (χ3v) is 3.60. The van der Waals surface area contributed by atoms with Crippen molar-refractivity contribution in [1.82, 2.24) is 15.0 Å². The molecule has 0 radical (unpaired) electrons. The van der Waals surface area contributed by atoms with Gasteiger partial charge in [0.05, 0.1) is 6.04 Å². The first kappa shape index (κ1) is 14.1. The van der Waals surface area contributed by atoms with Gasteiger partial charge in [-0.25, -0.2) is 9.07 Å². The van der Waals surface area contributed by atoms with Crippen molar-refractivity contribution in [3.05, 3.63) is 71.7 Å². The van der Waals surface area contributed by atoms with Gasteiger partial charge in [0.1, 0.15) is 11.5 Å². The summed E-state index contributed by atoms with van der Waals surface area (Å²) < 4.78 is 14.8. The van der Waals surface area contributed by atoms with E-state index >= 15 is 0 Å². The maximum Gasteiger partial charge on any atom is 0.172 e. The summed E-state index contributed by atoms with van der Waals surface area (Å²) in [4.78, 5) is 11.3. The third kappa shape index (κ3) is 2.53. The number of hydrogen-bond donors (Lipinski definition) is 0. The molecule has 3 rings (SSSR count). The van der Waals surface area contributed by atoms with E-state index in [4.69, 9.17) is 0 Å². The molecule has 0 bridgehead atoms. The van der Waals surface area contributed by atoms with Crippen molar-refractivity contribution < 1.29 is 9.18 Å². The van der Waals surface area contributed by atoms with E-state index in [2.05, 4.69) is 10.3 Å². The molecule has 3 aromatic rings. The standard InChI is InChI=1S/C17H14FN3O/c1-12(13-5-3-2-4-6-13)21-17(16(11-22)19-20-21)14-7-9-15(18)10-8-14/h2-12H,1H3. The molecule has 5 heteroatoms. The molecule has 0 N–H and O–H groups in total. The number of hydrogen-bond acceptors (Lipinski definition) is 3. The van der Waals surface area contributed by atoms with E-state index < -0.39 is 0 Å². The Morgan fingerprint density at radius 2 is 1.77 bits per heavy atom. The van der Waals surface area contributed by atoms with Crippen LogP contribution < -0.4 is 0 Å². The highest BCUT2D eigenvalue weighted by Crippen LogP contribution is 2.27. The fourth-order valence-corrected chi connectivity index (χ4v) is 2.42. The number of carbonyl (C=O) groups excluding carboxylic acids is 1. The van der Waals surface area contributed by atoms with Gasteiger partial charge >= 0.3 is 0 Å². The van der Waals surface area contributed by atoms with Crippen molar-refractivity contribution in [3.63, 3.8) is 0 Å². The summed E-state index contributed by atoms with van der Waals surface area (Å²) in [6.07, 6.45) is 0.667. The van der Waals surface area contributed by atoms with Gasteiger partial charge in [-0.3, -0.25) is 4.79 Å². The van der Waals surface area contributed by atoms with Gasteiger partial charge in [0.2, 0.25) is 0 Å². The zero-order valence-corrected chi connectivity index (χ0v) is 12.0. The second kappa shape index (κ2) is 5.89. The molecular weight excluding hydrogens is 281 g/mol. The van der Waals surface area contributed by atoms with Crippen molar-refractivity contribution in [2.45, 2.75) is 13.0 Å². The minimum atomic E-state index is -0.327. The molecule has 0 saturated heterocycles. The number of carbonyl (C=O) groups is 1. The average Bonchev–Trinajstić information content (AvgIpc) is 2.99. The van der Waals surface area contributed by atoms with E-state index in [0.29, 0.717) is 17.5 Å². The van der Waals surface area contributed by atoms with Crippen LogP contribution in [0.4, 0.5) is 4.39 Å². The number of halogens is 1. The average molecular weight is 295 g/mol. The van der Waals surface area contributed by atoms with Crippen LogP contribution in [0.15, 0.2) is 54.6 Å². The Labute approximate surface area is 127 Å². The van der Waals surface area contributed by atoms with Crippen molar-refractivity contribution in [3.8, 4) is 11.3 Å². The Balaban J connectivity index is 2.11. The molecule has 0 aliphatic carbocycles. The minimum Gasteiger partial charge on any atom is -0.296 e. The normalized spacial score (nSPS) is 12.1. The summed E-state index contributed by atoms with van der Waals surface area (Å²) in [5, 5.41) is 8.03. The topological polar surface area (TPSA) is 47.8 Å². The SMILES string of the molecule is CC(c1ccccc1)n1nnc(C=O)c1-c1ccc(F)cc1. The lowest BCUT2D eigenvalue weighted by atomic mass is 10.1. The monoisotopic (exact) mass is 295 g/mol. The molecule has 4 nitrogen and oxygen atoms in total. The van der Waals surface area contributed by atoms with Crippen molar-refractivity contribution in [2.24, 2.45) is 0 Å². The molecular formula is C17H14FN3O. The minimum absolute atomic E-state index is 0.0950. The number of aldehydes is 1. The van der Waals surface area contributed by atoms with Crippen molar-refractivity contribution in [2.75, 3.05) is 0 Å². The van der Waals surface area contributed by atoms with E-state index in [9.17, 15) is 9.18 Å². The molecule has 0 aliphatic rings. The van der Waals surface area contributed by atoms with Crippen LogP contribution in [0.5, 0.6) is 0 Å². The zero-order valence-electron chi connectivity index (χ0n) is 12.0. The molecule has 0 fully saturated rings. The first-order valence-electron chi connectivity index (χ1n) is 6.92. The summed E-state index contributed by atoms with van der Waals surface area (Å²) in [7, 11) is 0. The van der Waals surface area contributed by atoms with Gasteiger partial charge in [-0.2, -0.15) is 0 Å². The van der Waals surface area contributed by atoms with Gasteiger partial charge in [0.15, 0.2) is 12.0 Å². The lowest BCUT2D eigenvalue weighted by Crippen LogP contribution is -2.10. The Morgan fingerprint density at radius 1 is 1.09 bits per heavy atom. The molecule has 1 atom stereocenters. The second-order valence-electron chi connectivity index (χ2n) is 4.98. The number of aromatic nitrogens is 3. The van der Waals surface area contributed by atoms with Gasteiger partial charge in [-0.1, -0.05) is 35.5 Å². The molecule has 0 aliphatic heterocycles. The smallest absolute Gasteiger partial charge is 0.172 e. The van der Waals surface area contributed by atoms with Crippen LogP contribution in [0.1, 0.15) is 29.0 Å². The van der Waals surface area contributed by atoms with Gasteiger partial charge in [-0.15, -0.1) is 5.10 Å². The lowest BCUT2D eigenvalue weighted by Gasteiger charge is -2.15. The van der Waals surface area contributed by atoms with Gasteiger partial charge in [0, 0.05) is 5.56 Å². The molecule has 0 amide bonds. The van der Waals surface area contributed by atoms with Gasteiger partial charge < -0.3 is 0 Å². The predicted molar refractivity (Wildman–Crippen MR) is 81.1 cm³/mol. The van der Waals surface area contributed by atoms with E-state index in [1.165, 1.54) is 12.1 Å². The van der Waals surface area contributed by atoms with Crippen LogP contribution in [-0.2, 0) is 0 Å². The Bertz CT molecular complexity index is 781. The fraction of sp³-hybridized carbons (Fsp3) is 0.118. The van der Waals surface area contributed by atoms with Crippen LogP contribution >= 0.6 is 0 Å². The molecule has 2 aromatic carbocycles. The van der Waals surface area contributed by atoms with Gasteiger partial charge in [0.25, 0.3) is 0 Å². The maximum absolute atomic E-state index is 13.1. The quantitative estimate of drug-likeness (QED) is 0.692. The Morgan fingerprint density at radius 3 is 2.41 bits per heavy atom. The predicted octanol–water partition coefficient (Wildman–Crippen LogP) is 3.51. The highest BCUT2D eigenvalue weighted by Gasteiger charge is 2.19. The third-order valence-electron chi connectivity index (χ3n) is 3.60. The number of benzene rings is 2. The largest absolute Gasteiger partial charge is 0.296 e. The van der Waals surface area contributed by atoms with Crippen LogP contribution in [0, 0.1) is 5.82 Å². The molecule has 0 spiro atoms. The molecule has 1 unspecified atom stereocenters. The first-order chi connectivity index (χ1) is 10.7. The number of nitrogens with zero attached hydrogens (tertiary/aromatic N) is 3. The first-order valence-corrected chi connectivity index (χ1v) is 6.92. The summed E-state index contributed by atoms with van der Waals surface area (Å²) >= 11 is 0. The van der Waals surface area contributed by atoms with Crippen LogP contribution in [0.3, 0.4) is 0 Å². The second-order valence-corrected chi connectivity index (χ2v) is 4.98. The van der Waals surface area contributed by atoms with Gasteiger partial charge in [-0.05, 0) is 36.8 Å². The Kier molecular flexibility index (Phi) is 3.78. The molecule has 1 heterocycles. The van der Waals surface area contributed by atoms with Crippen LogP contribution in [0.25, 0.3) is 11.3 Å². The van der Waals surface area contributed by atoms with Crippen molar-refractivity contribution in [1.29, 1.82) is 0 Å². The lowest BCUT2D eigenvalue weighted by molar-refractivity contribution is 0.111. The highest BCUT2D eigenvalue weighted by molar-refractivity contribution is 5.83. The summed E-state index contributed by atoms with van der Waals surface area (Å²) in [6, 6.07) is 15.7. The zero-order chi connectivity index (χ0) is 15.5. The van der Waals surface area contributed by atoms with Crippen LogP contribution in [0.2, 0.25) is 0 Å². The summed E-state index contributed by atoms with van der Waals surface area (Å²) in [5.74, 6) is -0.327. The van der Waals surface area contributed by atoms with E-state index in [0.717, 1.165) is 5.56 Å². The molecule has 110 valence electrons. The highest BCUT2D eigenvalue weighted by atomic mass is 19.1. The van der Waals surface area contributed by atoms with Crippen molar-refractivity contribution >= 4 is 6.29 Å². The number of rotatable bonds is 4. The molecule has 1 aromatic heterocycles. The molecule has 0 saturated carbocycles. The maximum atomic E-state index is 13.1. The van der Waals surface area contributed by atoms with E-state index in [1.54, 1.807) is 16.8 Å². The molecule has 22 heavy (non-hydrogen) atoms. The summed E-state index contributed by atoms with van der Waals surface area (Å²) in [6.45, 7) is 1.98. The Hall–Kier alpha value is -2.82. The van der Waals surface area contributed by atoms with E-state index in [1.807, 2.05) is 37.3 Å². The summed E-state index contributed by atoms with van der Waals surface area (Å²) in [5.41, 5.74) is 2.59.